The first kappa shape index (κ1) is 9.19. The van der Waals surface area contributed by atoms with Gasteiger partial charge in [-0.1, -0.05) is 30.3 Å². The summed E-state index contributed by atoms with van der Waals surface area (Å²) in [6.45, 7) is 1.71. The van der Waals surface area contributed by atoms with E-state index in [2.05, 4.69) is 0 Å². The van der Waals surface area contributed by atoms with E-state index in [-0.39, 0.29) is 6.04 Å². The van der Waals surface area contributed by atoms with E-state index >= 15 is 0 Å². The Bertz CT molecular complexity index is 225. The lowest BCUT2D eigenvalue weighted by Gasteiger charge is -2.16. The minimum absolute atomic E-state index is 0.354. The maximum atomic E-state index is 9.57. The van der Waals surface area contributed by atoms with Crippen LogP contribution < -0.4 is 5.48 Å². The average Bonchev–Trinajstić information content (AvgIpc) is 2.17. The Morgan fingerprint density at radius 1 is 1.25 bits per heavy atom. The molecule has 3 N–H and O–H groups in total. The molecule has 0 unspecified atom stereocenters. The molecule has 0 aliphatic heterocycles. The zero-order chi connectivity index (χ0) is 8.97. The Labute approximate surface area is 71.6 Å². The molecule has 0 amide bonds. The zero-order valence-electron chi connectivity index (χ0n) is 6.94. The summed E-state index contributed by atoms with van der Waals surface area (Å²) < 4.78 is 0. The zero-order valence-corrected chi connectivity index (χ0v) is 6.94. The highest BCUT2D eigenvalue weighted by Gasteiger charge is 2.13. The van der Waals surface area contributed by atoms with Crippen molar-refractivity contribution in [2.75, 3.05) is 0 Å². The lowest BCUT2D eigenvalue weighted by molar-refractivity contribution is 0.0472. The molecule has 3 heteroatoms. The van der Waals surface area contributed by atoms with Crippen molar-refractivity contribution in [1.29, 1.82) is 0 Å². The molecule has 0 fully saturated rings. The van der Waals surface area contributed by atoms with Gasteiger partial charge in [0.2, 0.25) is 0 Å². The van der Waals surface area contributed by atoms with Crippen molar-refractivity contribution >= 4 is 0 Å². The van der Waals surface area contributed by atoms with E-state index in [1.165, 1.54) is 0 Å². The molecule has 0 bridgehead atoms. The molecule has 0 saturated heterocycles. The van der Waals surface area contributed by atoms with Crippen LogP contribution in [-0.4, -0.2) is 16.4 Å². The van der Waals surface area contributed by atoms with Crippen molar-refractivity contribution in [2.24, 2.45) is 0 Å². The van der Waals surface area contributed by atoms with E-state index in [1.54, 1.807) is 6.92 Å². The summed E-state index contributed by atoms with van der Waals surface area (Å²) in [5.41, 5.74) is 2.81. The summed E-state index contributed by atoms with van der Waals surface area (Å²) >= 11 is 0. The quantitative estimate of drug-likeness (QED) is 0.590. The summed E-state index contributed by atoms with van der Waals surface area (Å²) in [5, 5.41) is 18.1. The van der Waals surface area contributed by atoms with E-state index in [0.717, 1.165) is 5.56 Å². The van der Waals surface area contributed by atoms with Gasteiger partial charge in [0.15, 0.2) is 0 Å². The fourth-order valence-corrected chi connectivity index (χ4v) is 1.01. The number of aliphatic hydroxyl groups excluding tert-OH is 1. The fraction of sp³-hybridized carbons (Fsp3) is 0.333. The molecule has 66 valence electrons. The number of hydroxylamine groups is 1. The predicted molar refractivity (Wildman–Crippen MR) is 45.8 cm³/mol. The van der Waals surface area contributed by atoms with Gasteiger partial charge in [-0.2, -0.15) is 5.48 Å². The highest BCUT2D eigenvalue weighted by Crippen LogP contribution is 2.15. The molecule has 3 nitrogen and oxygen atoms in total. The molecular formula is C9H13NO2. The summed E-state index contributed by atoms with van der Waals surface area (Å²) in [7, 11) is 0. The maximum absolute atomic E-state index is 9.57. The monoisotopic (exact) mass is 167 g/mol. The number of aliphatic hydroxyl groups is 1. The molecule has 0 heterocycles. The van der Waals surface area contributed by atoms with Crippen LogP contribution in [0.5, 0.6) is 0 Å². The first-order valence-corrected chi connectivity index (χ1v) is 3.88. The van der Waals surface area contributed by atoms with Crippen LogP contribution in [0.3, 0.4) is 0 Å². The maximum Gasteiger partial charge on any atom is 0.0963 e. The number of rotatable bonds is 3. The second-order valence-corrected chi connectivity index (χ2v) is 2.77. The molecule has 1 aromatic rings. The fourth-order valence-electron chi connectivity index (χ4n) is 1.01. The SMILES string of the molecule is C[C@@H](NO)[C@@H](O)c1ccccc1. The third kappa shape index (κ3) is 2.04. The predicted octanol–water partition coefficient (Wildman–Crippen LogP) is 1.09. The Morgan fingerprint density at radius 3 is 2.33 bits per heavy atom. The van der Waals surface area contributed by atoms with Crippen molar-refractivity contribution < 1.29 is 10.3 Å². The number of benzene rings is 1. The second-order valence-electron chi connectivity index (χ2n) is 2.77. The third-order valence-electron chi connectivity index (χ3n) is 1.82. The number of hydrogen-bond donors (Lipinski definition) is 3. The molecule has 0 aromatic heterocycles. The van der Waals surface area contributed by atoms with Gasteiger partial charge >= 0.3 is 0 Å². The molecule has 0 aliphatic carbocycles. The highest BCUT2D eigenvalue weighted by atomic mass is 16.5. The molecule has 0 spiro atoms. The topological polar surface area (TPSA) is 52.5 Å². The Balaban J connectivity index is 2.71. The highest BCUT2D eigenvalue weighted by molar-refractivity contribution is 5.18. The molecule has 12 heavy (non-hydrogen) atoms. The van der Waals surface area contributed by atoms with Gasteiger partial charge in [-0.3, -0.25) is 0 Å². The average molecular weight is 167 g/mol. The van der Waals surface area contributed by atoms with E-state index in [1.807, 2.05) is 35.8 Å². The minimum Gasteiger partial charge on any atom is -0.387 e. The Kier molecular flexibility index (Phi) is 3.22. The summed E-state index contributed by atoms with van der Waals surface area (Å²) in [4.78, 5) is 0. The smallest absolute Gasteiger partial charge is 0.0963 e. The number of nitrogens with one attached hydrogen (secondary N) is 1. The van der Waals surface area contributed by atoms with Crippen LogP contribution in [-0.2, 0) is 0 Å². The molecule has 0 radical (unpaired) electrons. The van der Waals surface area contributed by atoms with Gasteiger partial charge in [-0.05, 0) is 12.5 Å². The first-order valence-electron chi connectivity index (χ1n) is 3.88. The van der Waals surface area contributed by atoms with Crippen molar-refractivity contribution in [3.8, 4) is 0 Å². The lowest BCUT2D eigenvalue weighted by Crippen LogP contribution is -2.29. The van der Waals surface area contributed by atoms with Crippen molar-refractivity contribution in [3.63, 3.8) is 0 Å². The Morgan fingerprint density at radius 2 is 1.83 bits per heavy atom. The normalized spacial score (nSPS) is 15.6. The van der Waals surface area contributed by atoms with Gasteiger partial charge in [-0.15, -0.1) is 0 Å². The largest absolute Gasteiger partial charge is 0.387 e. The molecule has 1 rings (SSSR count). The third-order valence-corrected chi connectivity index (χ3v) is 1.82. The second kappa shape index (κ2) is 4.21. The number of hydrogen-bond acceptors (Lipinski definition) is 3. The van der Waals surface area contributed by atoms with E-state index in [9.17, 15) is 5.11 Å². The van der Waals surface area contributed by atoms with Gasteiger partial charge in [-0.25, -0.2) is 0 Å². The van der Waals surface area contributed by atoms with Crippen LogP contribution in [0.4, 0.5) is 0 Å². The minimum atomic E-state index is -0.670. The van der Waals surface area contributed by atoms with Gasteiger partial charge in [0.05, 0.1) is 12.1 Å². The first-order chi connectivity index (χ1) is 5.75. The molecule has 2 atom stereocenters. The van der Waals surface area contributed by atoms with Gasteiger partial charge in [0.1, 0.15) is 0 Å². The van der Waals surface area contributed by atoms with E-state index in [0.29, 0.717) is 0 Å². The summed E-state index contributed by atoms with van der Waals surface area (Å²) in [6, 6.07) is 8.86. The Hall–Kier alpha value is -0.900. The van der Waals surface area contributed by atoms with Crippen LogP contribution in [0.15, 0.2) is 30.3 Å². The standard InChI is InChI=1S/C9H13NO2/c1-7(10-12)9(11)8-5-3-2-4-6-8/h2-7,9-12H,1H3/t7-,9-/m1/s1. The summed E-state index contributed by atoms with van der Waals surface area (Å²) in [6.07, 6.45) is -0.670. The van der Waals surface area contributed by atoms with Crippen molar-refractivity contribution in [2.45, 2.75) is 19.1 Å². The molecule has 0 aliphatic rings. The van der Waals surface area contributed by atoms with Crippen molar-refractivity contribution in [1.82, 2.24) is 5.48 Å². The van der Waals surface area contributed by atoms with Crippen LogP contribution in [0, 0.1) is 0 Å². The molecule has 1 aromatic carbocycles. The lowest BCUT2D eigenvalue weighted by atomic mass is 10.0. The van der Waals surface area contributed by atoms with Crippen LogP contribution in [0.25, 0.3) is 0 Å². The van der Waals surface area contributed by atoms with Crippen molar-refractivity contribution in [3.05, 3.63) is 35.9 Å². The van der Waals surface area contributed by atoms with E-state index < -0.39 is 6.10 Å². The van der Waals surface area contributed by atoms with Crippen LogP contribution in [0.2, 0.25) is 0 Å². The molecular weight excluding hydrogens is 154 g/mol. The van der Waals surface area contributed by atoms with Crippen LogP contribution in [0.1, 0.15) is 18.6 Å². The summed E-state index contributed by atoms with van der Waals surface area (Å²) in [5.74, 6) is 0. The van der Waals surface area contributed by atoms with Gasteiger partial charge < -0.3 is 10.3 Å². The van der Waals surface area contributed by atoms with Gasteiger partial charge in [0, 0.05) is 0 Å². The van der Waals surface area contributed by atoms with Crippen LogP contribution >= 0.6 is 0 Å². The molecule has 0 saturated carbocycles. The van der Waals surface area contributed by atoms with Gasteiger partial charge in [0.25, 0.3) is 0 Å². The van der Waals surface area contributed by atoms with E-state index in [4.69, 9.17) is 5.21 Å².